The fourth-order valence-corrected chi connectivity index (χ4v) is 6.34. The van der Waals surface area contributed by atoms with E-state index in [-0.39, 0.29) is 47.5 Å². The van der Waals surface area contributed by atoms with Crippen LogP contribution in [0.2, 0.25) is 10.0 Å². The second kappa shape index (κ2) is 12.6. The number of carbonyl (C=O) groups is 3. The Morgan fingerprint density at radius 2 is 1.57 bits per heavy atom. The van der Waals surface area contributed by atoms with E-state index in [9.17, 15) is 14.4 Å². The fraction of sp³-hybridized carbons (Fsp3) is 0.382. The van der Waals surface area contributed by atoms with Gasteiger partial charge in [0.2, 0.25) is 0 Å². The molecule has 10 heteroatoms. The summed E-state index contributed by atoms with van der Waals surface area (Å²) >= 11 is 12.3. The van der Waals surface area contributed by atoms with E-state index in [0.717, 1.165) is 5.56 Å². The molecule has 1 saturated heterocycles. The molecule has 1 amide bonds. The van der Waals surface area contributed by atoms with Crippen molar-refractivity contribution in [1.29, 1.82) is 0 Å². The molecular formula is C34H35Cl2FN2O5. The number of ketones is 1. The van der Waals surface area contributed by atoms with Crippen LogP contribution in [0.5, 0.6) is 0 Å². The van der Waals surface area contributed by atoms with Crippen LogP contribution in [0.4, 0.5) is 4.39 Å². The molecule has 0 aromatic heterocycles. The summed E-state index contributed by atoms with van der Waals surface area (Å²) in [6.07, 6.45) is 1.01. The average Bonchev–Trinajstić information content (AvgIpc) is 3.21. The van der Waals surface area contributed by atoms with Crippen LogP contribution in [0, 0.1) is 11.7 Å². The predicted octanol–water partition coefficient (Wildman–Crippen LogP) is 6.87. The number of ether oxygens (including phenoxy) is 2. The van der Waals surface area contributed by atoms with Crippen LogP contribution in [0.25, 0.3) is 0 Å². The van der Waals surface area contributed by atoms with Gasteiger partial charge >= 0.3 is 5.97 Å². The van der Waals surface area contributed by atoms with Gasteiger partial charge < -0.3 is 9.47 Å². The van der Waals surface area contributed by atoms with Crippen molar-refractivity contribution in [1.82, 2.24) is 9.80 Å². The third-order valence-corrected chi connectivity index (χ3v) is 8.59. The topological polar surface area (TPSA) is 76.1 Å². The van der Waals surface area contributed by atoms with Crippen LogP contribution >= 0.6 is 23.2 Å². The Morgan fingerprint density at radius 3 is 2.14 bits per heavy atom. The van der Waals surface area contributed by atoms with Crippen molar-refractivity contribution < 1.29 is 28.2 Å². The summed E-state index contributed by atoms with van der Waals surface area (Å²) < 4.78 is 27.8. The minimum absolute atomic E-state index is 0.0463. The molecule has 3 aromatic rings. The van der Waals surface area contributed by atoms with E-state index in [1.165, 1.54) is 24.1 Å². The smallest absolute Gasteiger partial charge is 0.320 e. The number of nitrogens with zero attached hydrogens (tertiary/aromatic N) is 2. The van der Waals surface area contributed by atoms with Crippen molar-refractivity contribution in [3.05, 3.63) is 104 Å². The summed E-state index contributed by atoms with van der Waals surface area (Å²) in [4.78, 5) is 43.4. The van der Waals surface area contributed by atoms with Crippen molar-refractivity contribution in [2.75, 3.05) is 26.7 Å². The molecular weight excluding hydrogens is 606 g/mol. The van der Waals surface area contributed by atoms with Crippen LogP contribution < -0.4 is 0 Å². The molecule has 2 aliphatic rings. The normalized spacial score (nSPS) is 19.2. The molecule has 0 saturated carbocycles. The molecule has 3 aromatic carbocycles. The number of carbonyl (C=O) groups excluding carboxylic acids is 3. The molecule has 1 fully saturated rings. The van der Waals surface area contributed by atoms with Crippen molar-refractivity contribution in [3.8, 4) is 0 Å². The fourth-order valence-electron chi connectivity index (χ4n) is 6.09. The highest BCUT2D eigenvalue weighted by atomic mass is 35.5. The molecule has 7 nitrogen and oxygen atoms in total. The Labute approximate surface area is 266 Å². The first-order valence-corrected chi connectivity index (χ1v) is 15.3. The van der Waals surface area contributed by atoms with Gasteiger partial charge in [-0.3, -0.25) is 24.2 Å². The maximum atomic E-state index is 16.3. The zero-order valence-corrected chi connectivity index (χ0v) is 26.7. The lowest BCUT2D eigenvalue weighted by molar-refractivity contribution is -0.156. The largest absolute Gasteiger partial charge is 0.459 e. The number of hydrogen-bond acceptors (Lipinski definition) is 6. The number of benzene rings is 3. The predicted molar refractivity (Wildman–Crippen MR) is 166 cm³/mol. The van der Waals surface area contributed by atoms with Crippen molar-refractivity contribution in [2.24, 2.45) is 5.92 Å². The second-order valence-corrected chi connectivity index (χ2v) is 13.1. The number of methoxy groups -OCH3 is 1. The number of fused-ring (bicyclic) bond motifs is 1. The average molecular weight is 642 g/mol. The third-order valence-electron chi connectivity index (χ3n) is 8.09. The number of hydrogen-bond donors (Lipinski definition) is 0. The van der Waals surface area contributed by atoms with Crippen LogP contribution in [-0.4, -0.2) is 59.8 Å². The first-order chi connectivity index (χ1) is 20.8. The SMILES string of the molecule is COC1(c2ccc(Cl)cc2)c2c(F)cc(C(=O)C3CCN(CC(=O)OC(C)(C)C)CC3)cc2C(=O)N1Cc1ccc(Cl)cc1. The minimum Gasteiger partial charge on any atom is -0.459 e. The highest BCUT2D eigenvalue weighted by molar-refractivity contribution is 6.30. The molecule has 2 aliphatic heterocycles. The third kappa shape index (κ3) is 6.40. The Bertz CT molecular complexity index is 1560. The summed E-state index contributed by atoms with van der Waals surface area (Å²) in [6, 6.07) is 16.4. The summed E-state index contributed by atoms with van der Waals surface area (Å²) in [5.74, 6) is -2.09. The molecule has 5 rings (SSSR count). The summed E-state index contributed by atoms with van der Waals surface area (Å²) in [5.41, 5.74) is -0.642. The van der Waals surface area contributed by atoms with Gasteiger partial charge in [-0.2, -0.15) is 0 Å². The number of esters is 1. The molecule has 1 unspecified atom stereocenters. The van der Waals surface area contributed by atoms with Gasteiger partial charge in [0, 0.05) is 40.7 Å². The zero-order valence-electron chi connectivity index (χ0n) is 25.2. The summed E-state index contributed by atoms with van der Waals surface area (Å²) in [6.45, 7) is 6.76. The molecule has 232 valence electrons. The summed E-state index contributed by atoms with van der Waals surface area (Å²) in [7, 11) is 1.43. The highest BCUT2D eigenvalue weighted by Gasteiger charge is 2.54. The monoisotopic (exact) mass is 640 g/mol. The van der Waals surface area contributed by atoms with E-state index >= 15 is 4.39 Å². The first-order valence-electron chi connectivity index (χ1n) is 14.5. The van der Waals surface area contributed by atoms with Gasteiger partial charge in [-0.1, -0.05) is 47.5 Å². The van der Waals surface area contributed by atoms with E-state index in [2.05, 4.69) is 0 Å². The number of amides is 1. The van der Waals surface area contributed by atoms with Gasteiger partial charge in [-0.05, 0) is 88.7 Å². The number of rotatable bonds is 8. The zero-order chi connectivity index (χ0) is 31.8. The molecule has 0 N–H and O–H groups in total. The van der Waals surface area contributed by atoms with Gasteiger partial charge in [-0.25, -0.2) is 4.39 Å². The van der Waals surface area contributed by atoms with Crippen molar-refractivity contribution >= 4 is 40.9 Å². The molecule has 0 spiro atoms. The van der Waals surface area contributed by atoms with E-state index in [1.807, 2.05) is 25.7 Å². The lowest BCUT2D eigenvalue weighted by atomic mass is 9.86. The van der Waals surface area contributed by atoms with Gasteiger partial charge in [-0.15, -0.1) is 0 Å². The number of halogens is 3. The molecule has 0 radical (unpaired) electrons. The molecule has 44 heavy (non-hydrogen) atoms. The Hall–Kier alpha value is -3.30. The Kier molecular flexibility index (Phi) is 9.19. The molecule has 1 atom stereocenters. The van der Waals surface area contributed by atoms with Crippen LogP contribution in [0.1, 0.15) is 71.0 Å². The van der Waals surface area contributed by atoms with Gasteiger partial charge in [0.1, 0.15) is 11.4 Å². The van der Waals surface area contributed by atoms with E-state index in [4.69, 9.17) is 32.7 Å². The lowest BCUT2D eigenvalue weighted by Crippen LogP contribution is -2.46. The van der Waals surface area contributed by atoms with Crippen molar-refractivity contribution in [2.45, 2.75) is 51.5 Å². The number of piperidine rings is 1. The van der Waals surface area contributed by atoms with Gasteiger partial charge in [0.15, 0.2) is 11.5 Å². The number of likely N-dealkylation sites (tertiary alicyclic amines) is 1. The molecule has 0 bridgehead atoms. The van der Waals surface area contributed by atoms with Crippen molar-refractivity contribution in [3.63, 3.8) is 0 Å². The molecule has 0 aliphatic carbocycles. The Balaban J connectivity index is 1.44. The molecule has 2 heterocycles. The first kappa shape index (κ1) is 32.1. The van der Waals surface area contributed by atoms with E-state index in [1.54, 1.807) is 48.5 Å². The highest BCUT2D eigenvalue weighted by Crippen LogP contribution is 2.47. The van der Waals surface area contributed by atoms with Gasteiger partial charge in [0.25, 0.3) is 5.91 Å². The Morgan fingerprint density at radius 1 is 0.977 bits per heavy atom. The second-order valence-electron chi connectivity index (χ2n) is 12.3. The van der Waals surface area contributed by atoms with Gasteiger partial charge in [0.05, 0.1) is 17.7 Å². The maximum Gasteiger partial charge on any atom is 0.320 e. The minimum atomic E-state index is -1.60. The standard InChI is InChI=1S/C34H35Cl2FN2O5/c1-33(2,3)44-29(40)20-38-15-13-22(14-16-38)31(41)23-17-27-30(28(37)18-23)34(43-4,24-7-11-26(36)12-8-24)39(32(27)42)19-21-5-9-25(35)10-6-21/h5-12,17-18,22H,13-16,19-20H2,1-4H3. The number of Topliss-reactive ketones (excluding diaryl/α,β-unsaturated/α-hetero) is 1. The van der Waals surface area contributed by atoms with Crippen LogP contribution in [-0.2, 0) is 26.5 Å². The van der Waals surface area contributed by atoms with E-state index in [0.29, 0.717) is 41.5 Å². The lowest BCUT2D eigenvalue weighted by Gasteiger charge is -2.38. The van der Waals surface area contributed by atoms with Crippen LogP contribution in [0.3, 0.4) is 0 Å². The van der Waals surface area contributed by atoms with E-state index < -0.39 is 23.1 Å². The quantitative estimate of drug-likeness (QED) is 0.197. The van der Waals surface area contributed by atoms with Crippen LogP contribution in [0.15, 0.2) is 60.7 Å². The maximum absolute atomic E-state index is 16.3. The summed E-state index contributed by atoms with van der Waals surface area (Å²) in [5, 5.41) is 1.03.